The minimum Gasteiger partial charge on any atom is -0.409 e. The van der Waals surface area contributed by atoms with Gasteiger partial charge in [-0.05, 0) is 12.1 Å². The Kier molecular flexibility index (Phi) is 3.83. The summed E-state index contributed by atoms with van der Waals surface area (Å²) < 4.78 is 39.8. The molecular formula is C12H12F3N5O. The van der Waals surface area contributed by atoms with Crippen molar-refractivity contribution in [2.24, 2.45) is 10.9 Å². The molecule has 9 heteroatoms. The highest BCUT2D eigenvalue weighted by molar-refractivity contribution is 5.99. The van der Waals surface area contributed by atoms with Crippen LogP contribution in [0.5, 0.6) is 0 Å². The lowest BCUT2D eigenvalue weighted by atomic mass is 10.2. The van der Waals surface area contributed by atoms with Gasteiger partial charge in [0.25, 0.3) is 0 Å². The number of halogens is 3. The molecule has 2 aromatic heterocycles. The highest BCUT2D eigenvalue weighted by atomic mass is 19.4. The van der Waals surface area contributed by atoms with Crippen molar-refractivity contribution in [3.63, 3.8) is 0 Å². The monoisotopic (exact) mass is 299 g/mol. The second-order valence-corrected chi connectivity index (χ2v) is 4.12. The van der Waals surface area contributed by atoms with Gasteiger partial charge in [-0.25, -0.2) is 9.97 Å². The molecule has 2 heterocycles. The number of hydrogen-bond acceptors (Lipinski definition) is 4. The van der Waals surface area contributed by atoms with E-state index in [1.165, 1.54) is 17.0 Å². The van der Waals surface area contributed by atoms with E-state index in [1.807, 2.05) is 0 Å². The standard InChI is InChI=1S/C12H12F3N5O/c1-2-9-17-5-6-20(9)11-7(10(16)19-21)3-4-8(18-11)12(13,14)15/h3-6,21H,2H2,1H3,(H2,16,19). The molecule has 0 saturated heterocycles. The molecule has 0 unspecified atom stereocenters. The van der Waals surface area contributed by atoms with Crippen molar-refractivity contribution in [1.29, 1.82) is 0 Å². The van der Waals surface area contributed by atoms with Gasteiger partial charge in [-0.3, -0.25) is 4.57 Å². The summed E-state index contributed by atoms with van der Waals surface area (Å²) in [7, 11) is 0. The maximum absolute atomic E-state index is 12.8. The molecule has 0 saturated carbocycles. The maximum atomic E-state index is 12.8. The lowest BCUT2D eigenvalue weighted by molar-refractivity contribution is -0.141. The molecule has 0 fully saturated rings. The van der Waals surface area contributed by atoms with Crippen LogP contribution >= 0.6 is 0 Å². The van der Waals surface area contributed by atoms with Crippen LogP contribution in [0.3, 0.4) is 0 Å². The summed E-state index contributed by atoms with van der Waals surface area (Å²) in [5.41, 5.74) is 4.51. The van der Waals surface area contributed by atoms with E-state index in [1.54, 1.807) is 6.92 Å². The highest BCUT2D eigenvalue weighted by Crippen LogP contribution is 2.29. The number of hydrogen-bond donors (Lipinski definition) is 2. The van der Waals surface area contributed by atoms with Crippen LogP contribution in [0.25, 0.3) is 5.82 Å². The summed E-state index contributed by atoms with van der Waals surface area (Å²) >= 11 is 0. The van der Waals surface area contributed by atoms with E-state index in [0.717, 1.165) is 12.1 Å². The fourth-order valence-electron chi connectivity index (χ4n) is 1.83. The first-order valence-electron chi connectivity index (χ1n) is 5.97. The highest BCUT2D eigenvalue weighted by Gasteiger charge is 2.33. The summed E-state index contributed by atoms with van der Waals surface area (Å²) in [5, 5.41) is 11.6. The zero-order valence-electron chi connectivity index (χ0n) is 11.0. The van der Waals surface area contributed by atoms with Crippen LogP contribution in [0.15, 0.2) is 29.7 Å². The minimum absolute atomic E-state index is 0.0817. The third-order valence-corrected chi connectivity index (χ3v) is 2.81. The van der Waals surface area contributed by atoms with Gasteiger partial charge in [-0.15, -0.1) is 0 Å². The Morgan fingerprint density at radius 3 is 2.71 bits per heavy atom. The van der Waals surface area contributed by atoms with Gasteiger partial charge in [0.2, 0.25) is 0 Å². The molecule has 0 atom stereocenters. The van der Waals surface area contributed by atoms with Crippen LogP contribution in [-0.4, -0.2) is 25.6 Å². The van der Waals surface area contributed by atoms with Crippen molar-refractivity contribution in [3.8, 4) is 5.82 Å². The van der Waals surface area contributed by atoms with E-state index in [4.69, 9.17) is 10.9 Å². The molecule has 3 N–H and O–H groups in total. The van der Waals surface area contributed by atoms with E-state index in [9.17, 15) is 13.2 Å². The second kappa shape index (κ2) is 5.43. The number of alkyl halides is 3. The molecule has 0 aromatic carbocycles. The van der Waals surface area contributed by atoms with Gasteiger partial charge in [-0.2, -0.15) is 13.2 Å². The molecule has 0 aliphatic rings. The third-order valence-electron chi connectivity index (χ3n) is 2.81. The number of rotatable bonds is 3. The molecule has 2 aromatic rings. The largest absolute Gasteiger partial charge is 0.433 e. The Morgan fingerprint density at radius 2 is 2.14 bits per heavy atom. The van der Waals surface area contributed by atoms with Gasteiger partial charge >= 0.3 is 6.18 Å². The van der Waals surface area contributed by atoms with Crippen LogP contribution in [0, 0.1) is 0 Å². The van der Waals surface area contributed by atoms with Gasteiger partial charge in [0, 0.05) is 18.8 Å². The van der Waals surface area contributed by atoms with Crippen molar-refractivity contribution < 1.29 is 18.4 Å². The Hall–Kier alpha value is -2.58. The molecule has 6 nitrogen and oxygen atoms in total. The average molecular weight is 299 g/mol. The molecule has 2 rings (SSSR count). The molecule has 0 aliphatic heterocycles. The second-order valence-electron chi connectivity index (χ2n) is 4.12. The number of pyridine rings is 1. The van der Waals surface area contributed by atoms with Gasteiger partial charge in [0.1, 0.15) is 17.3 Å². The number of aromatic nitrogens is 3. The van der Waals surface area contributed by atoms with E-state index in [-0.39, 0.29) is 17.2 Å². The van der Waals surface area contributed by atoms with Gasteiger partial charge in [0.05, 0.1) is 5.56 Å². The van der Waals surface area contributed by atoms with Crippen LogP contribution < -0.4 is 5.73 Å². The number of nitrogens with zero attached hydrogens (tertiary/aromatic N) is 4. The minimum atomic E-state index is -4.59. The predicted octanol–water partition coefficient (Wildman–Crippen LogP) is 1.94. The van der Waals surface area contributed by atoms with E-state index in [0.29, 0.717) is 12.2 Å². The zero-order chi connectivity index (χ0) is 15.6. The molecule has 0 aliphatic carbocycles. The first-order chi connectivity index (χ1) is 9.88. The van der Waals surface area contributed by atoms with Crippen molar-refractivity contribution in [1.82, 2.24) is 14.5 Å². The van der Waals surface area contributed by atoms with Crippen LogP contribution in [-0.2, 0) is 12.6 Å². The average Bonchev–Trinajstić information content (AvgIpc) is 2.93. The molecule has 112 valence electrons. The third kappa shape index (κ3) is 2.81. The smallest absolute Gasteiger partial charge is 0.409 e. The SMILES string of the molecule is CCc1nccn1-c1nc(C(F)(F)F)ccc1C(N)=NO. The summed E-state index contributed by atoms with van der Waals surface area (Å²) in [4.78, 5) is 7.62. The first-order valence-corrected chi connectivity index (χ1v) is 5.97. The summed E-state index contributed by atoms with van der Waals surface area (Å²) in [6.07, 6.45) is -1.20. The number of imidazole rings is 1. The maximum Gasteiger partial charge on any atom is 0.433 e. The van der Waals surface area contributed by atoms with Crippen LogP contribution in [0.4, 0.5) is 13.2 Å². The topological polar surface area (TPSA) is 89.3 Å². The van der Waals surface area contributed by atoms with Gasteiger partial charge in [0.15, 0.2) is 5.84 Å². The van der Waals surface area contributed by atoms with Crippen LogP contribution in [0.2, 0.25) is 0 Å². The fourth-order valence-corrected chi connectivity index (χ4v) is 1.83. The quantitative estimate of drug-likeness (QED) is 0.392. The Balaban J connectivity index is 2.70. The number of aryl methyl sites for hydroxylation is 1. The fraction of sp³-hybridized carbons (Fsp3) is 0.250. The predicted molar refractivity (Wildman–Crippen MR) is 68.2 cm³/mol. The van der Waals surface area contributed by atoms with Gasteiger partial charge < -0.3 is 10.9 Å². The lowest BCUT2D eigenvalue weighted by Gasteiger charge is -2.13. The number of nitrogens with two attached hydrogens (primary N) is 1. The zero-order valence-corrected chi connectivity index (χ0v) is 11.0. The molecule has 0 spiro atoms. The normalized spacial score (nSPS) is 12.7. The molecule has 0 amide bonds. The van der Waals surface area contributed by atoms with Crippen molar-refractivity contribution in [2.75, 3.05) is 0 Å². The molecule has 0 radical (unpaired) electrons. The van der Waals surface area contributed by atoms with Crippen LogP contribution in [0.1, 0.15) is 24.0 Å². The number of oxime groups is 1. The Morgan fingerprint density at radius 1 is 1.43 bits per heavy atom. The van der Waals surface area contributed by atoms with Crippen molar-refractivity contribution in [3.05, 3.63) is 41.6 Å². The molecule has 0 bridgehead atoms. The lowest BCUT2D eigenvalue weighted by Crippen LogP contribution is -2.20. The Bertz CT molecular complexity index is 678. The van der Waals surface area contributed by atoms with E-state index < -0.39 is 11.9 Å². The van der Waals surface area contributed by atoms with Crippen molar-refractivity contribution in [2.45, 2.75) is 19.5 Å². The first kappa shape index (κ1) is 14.8. The van der Waals surface area contributed by atoms with E-state index >= 15 is 0 Å². The molecular weight excluding hydrogens is 287 g/mol. The van der Waals surface area contributed by atoms with Crippen molar-refractivity contribution >= 4 is 5.84 Å². The Labute approximate surface area is 117 Å². The number of amidine groups is 1. The molecule has 21 heavy (non-hydrogen) atoms. The summed E-state index contributed by atoms with van der Waals surface area (Å²) in [5.74, 6) is 0.0882. The summed E-state index contributed by atoms with van der Waals surface area (Å²) in [6, 6.07) is 1.89. The van der Waals surface area contributed by atoms with Gasteiger partial charge in [-0.1, -0.05) is 12.1 Å². The summed E-state index contributed by atoms with van der Waals surface area (Å²) in [6.45, 7) is 1.80. The van der Waals surface area contributed by atoms with E-state index in [2.05, 4.69) is 15.1 Å².